The first-order valence-corrected chi connectivity index (χ1v) is 5.74. The summed E-state index contributed by atoms with van der Waals surface area (Å²) in [5, 5.41) is 0.539. The standard InChI is InChI=1S/C11H8BrClN2O/c1-7-2-3-9(13)10(4-7)16-11-14-5-8(12)6-15-11/h2-6H,1H3. The smallest absolute Gasteiger partial charge is 0.321 e. The van der Waals surface area contributed by atoms with Crippen molar-refractivity contribution < 1.29 is 4.74 Å². The van der Waals surface area contributed by atoms with Crippen molar-refractivity contribution in [1.82, 2.24) is 9.97 Å². The monoisotopic (exact) mass is 298 g/mol. The molecule has 0 spiro atoms. The molecule has 2 aromatic rings. The van der Waals surface area contributed by atoms with Gasteiger partial charge in [0.25, 0.3) is 0 Å². The summed E-state index contributed by atoms with van der Waals surface area (Å²) >= 11 is 9.24. The number of aromatic nitrogens is 2. The zero-order valence-corrected chi connectivity index (χ0v) is 10.8. The molecule has 0 amide bonds. The van der Waals surface area contributed by atoms with Gasteiger partial charge in [-0.15, -0.1) is 0 Å². The van der Waals surface area contributed by atoms with Crippen LogP contribution in [0.1, 0.15) is 5.56 Å². The molecule has 2 rings (SSSR count). The second-order valence-corrected chi connectivity index (χ2v) is 4.54. The van der Waals surface area contributed by atoms with Crippen LogP contribution in [0.4, 0.5) is 0 Å². The van der Waals surface area contributed by atoms with Gasteiger partial charge in [0.15, 0.2) is 0 Å². The predicted octanol–water partition coefficient (Wildman–Crippen LogP) is 3.99. The van der Waals surface area contributed by atoms with E-state index in [9.17, 15) is 0 Å². The summed E-state index contributed by atoms with van der Waals surface area (Å²) in [6, 6.07) is 5.81. The Morgan fingerprint density at radius 3 is 2.62 bits per heavy atom. The second-order valence-electron chi connectivity index (χ2n) is 3.22. The van der Waals surface area contributed by atoms with E-state index in [4.69, 9.17) is 16.3 Å². The zero-order chi connectivity index (χ0) is 11.5. The Hall–Kier alpha value is -1.13. The highest BCUT2D eigenvalue weighted by atomic mass is 79.9. The molecule has 0 unspecified atom stereocenters. The third kappa shape index (κ3) is 2.71. The Morgan fingerprint density at radius 1 is 1.25 bits per heavy atom. The fourth-order valence-corrected chi connectivity index (χ4v) is 1.50. The van der Waals surface area contributed by atoms with Crippen LogP contribution in [0.15, 0.2) is 35.1 Å². The van der Waals surface area contributed by atoms with Gasteiger partial charge >= 0.3 is 6.01 Å². The average Bonchev–Trinajstić information content (AvgIpc) is 2.27. The van der Waals surface area contributed by atoms with Gasteiger partial charge in [0, 0.05) is 12.4 Å². The number of rotatable bonds is 2. The van der Waals surface area contributed by atoms with Gasteiger partial charge in [-0.3, -0.25) is 0 Å². The molecule has 0 aliphatic heterocycles. The summed E-state index contributed by atoms with van der Waals surface area (Å²) in [5.41, 5.74) is 1.07. The first-order chi connectivity index (χ1) is 7.65. The van der Waals surface area contributed by atoms with E-state index in [2.05, 4.69) is 25.9 Å². The minimum absolute atomic E-state index is 0.274. The van der Waals surface area contributed by atoms with Crippen molar-refractivity contribution in [1.29, 1.82) is 0 Å². The van der Waals surface area contributed by atoms with Gasteiger partial charge in [0.05, 0.1) is 9.50 Å². The van der Waals surface area contributed by atoms with Gasteiger partial charge in [-0.2, -0.15) is 0 Å². The van der Waals surface area contributed by atoms with Crippen molar-refractivity contribution >= 4 is 27.5 Å². The van der Waals surface area contributed by atoms with Gasteiger partial charge in [-0.1, -0.05) is 17.7 Å². The quantitative estimate of drug-likeness (QED) is 0.841. The highest BCUT2D eigenvalue weighted by Gasteiger charge is 2.05. The molecule has 0 aliphatic rings. The van der Waals surface area contributed by atoms with E-state index in [1.165, 1.54) is 0 Å². The highest BCUT2D eigenvalue weighted by Crippen LogP contribution is 2.28. The fourth-order valence-electron chi connectivity index (χ4n) is 1.14. The molecule has 0 bridgehead atoms. The maximum Gasteiger partial charge on any atom is 0.321 e. The molecular formula is C11H8BrClN2O. The number of nitrogens with zero attached hydrogens (tertiary/aromatic N) is 2. The van der Waals surface area contributed by atoms with Crippen LogP contribution in [0.5, 0.6) is 11.8 Å². The molecule has 0 saturated carbocycles. The first-order valence-electron chi connectivity index (χ1n) is 4.57. The first kappa shape index (κ1) is 11.4. The lowest BCUT2D eigenvalue weighted by Gasteiger charge is -2.06. The third-order valence-electron chi connectivity index (χ3n) is 1.88. The molecule has 3 nitrogen and oxygen atoms in total. The predicted molar refractivity (Wildman–Crippen MR) is 66.0 cm³/mol. The minimum atomic E-state index is 0.274. The number of benzene rings is 1. The Bertz CT molecular complexity index is 502. The second kappa shape index (κ2) is 4.80. The van der Waals surface area contributed by atoms with Crippen molar-refractivity contribution in [2.75, 3.05) is 0 Å². The largest absolute Gasteiger partial charge is 0.423 e. The van der Waals surface area contributed by atoms with Crippen LogP contribution >= 0.6 is 27.5 Å². The molecule has 1 aromatic carbocycles. The molecule has 0 radical (unpaired) electrons. The lowest BCUT2D eigenvalue weighted by molar-refractivity contribution is 0.441. The van der Waals surface area contributed by atoms with Crippen LogP contribution in [0.3, 0.4) is 0 Å². The summed E-state index contributed by atoms with van der Waals surface area (Å²) in [6.45, 7) is 1.96. The number of hydrogen-bond acceptors (Lipinski definition) is 3. The van der Waals surface area contributed by atoms with Gasteiger partial charge in [0.1, 0.15) is 5.75 Å². The minimum Gasteiger partial charge on any atom is -0.423 e. The Labute approximate surface area is 107 Å². The molecule has 1 aromatic heterocycles. The van der Waals surface area contributed by atoms with Crippen LogP contribution < -0.4 is 4.74 Å². The molecule has 0 saturated heterocycles. The molecular weight excluding hydrogens is 291 g/mol. The van der Waals surface area contributed by atoms with Gasteiger partial charge in [0.2, 0.25) is 0 Å². The SMILES string of the molecule is Cc1ccc(Cl)c(Oc2ncc(Br)cn2)c1. The molecule has 16 heavy (non-hydrogen) atoms. The fraction of sp³-hybridized carbons (Fsp3) is 0.0909. The van der Waals surface area contributed by atoms with E-state index in [1.54, 1.807) is 18.5 Å². The van der Waals surface area contributed by atoms with E-state index in [0.29, 0.717) is 10.8 Å². The molecule has 0 atom stereocenters. The number of hydrogen-bond donors (Lipinski definition) is 0. The van der Waals surface area contributed by atoms with Crippen LogP contribution in [-0.2, 0) is 0 Å². The summed E-state index contributed by atoms with van der Waals surface area (Å²) in [7, 11) is 0. The third-order valence-corrected chi connectivity index (χ3v) is 2.61. The van der Waals surface area contributed by atoms with E-state index < -0.39 is 0 Å². The normalized spacial score (nSPS) is 10.2. The number of aryl methyl sites for hydroxylation is 1. The maximum absolute atomic E-state index is 5.99. The van der Waals surface area contributed by atoms with Crippen molar-refractivity contribution in [3.63, 3.8) is 0 Å². The number of ether oxygens (including phenoxy) is 1. The van der Waals surface area contributed by atoms with Crippen LogP contribution in [-0.4, -0.2) is 9.97 Å². The van der Waals surface area contributed by atoms with Crippen molar-refractivity contribution in [2.24, 2.45) is 0 Å². The molecule has 82 valence electrons. The van der Waals surface area contributed by atoms with E-state index >= 15 is 0 Å². The van der Waals surface area contributed by atoms with E-state index in [-0.39, 0.29) is 6.01 Å². The molecule has 5 heteroatoms. The van der Waals surface area contributed by atoms with E-state index in [0.717, 1.165) is 10.0 Å². The van der Waals surface area contributed by atoms with Gasteiger partial charge in [-0.25, -0.2) is 9.97 Å². The molecule has 0 N–H and O–H groups in total. The van der Waals surface area contributed by atoms with Crippen molar-refractivity contribution in [3.8, 4) is 11.8 Å². The molecule has 1 heterocycles. The van der Waals surface area contributed by atoms with E-state index in [1.807, 2.05) is 19.1 Å². The zero-order valence-electron chi connectivity index (χ0n) is 8.45. The van der Waals surface area contributed by atoms with Crippen molar-refractivity contribution in [3.05, 3.63) is 45.7 Å². The Balaban J connectivity index is 2.26. The van der Waals surface area contributed by atoms with Crippen molar-refractivity contribution in [2.45, 2.75) is 6.92 Å². The van der Waals surface area contributed by atoms with Gasteiger partial charge in [-0.05, 0) is 40.5 Å². The topological polar surface area (TPSA) is 35.0 Å². The summed E-state index contributed by atoms with van der Waals surface area (Å²) in [5.74, 6) is 0.559. The summed E-state index contributed by atoms with van der Waals surface area (Å²) < 4.78 is 6.27. The lowest BCUT2D eigenvalue weighted by Crippen LogP contribution is -1.91. The van der Waals surface area contributed by atoms with Crippen LogP contribution in [0.2, 0.25) is 5.02 Å². The van der Waals surface area contributed by atoms with Crippen LogP contribution in [0.25, 0.3) is 0 Å². The van der Waals surface area contributed by atoms with Gasteiger partial charge < -0.3 is 4.74 Å². The lowest BCUT2D eigenvalue weighted by atomic mass is 10.2. The highest BCUT2D eigenvalue weighted by molar-refractivity contribution is 9.10. The van der Waals surface area contributed by atoms with Crippen LogP contribution in [0, 0.1) is 6.92 Å². The average molecular weight is 300 g/mol. The maximum atomic E-state index is 5.99. The molecule has 0 fully saturated rings. The summed E-state index contributed by atoms with van der Waals surface area (Å²) in [6.07, 6.45) is 3.23. The number of halogens is 2. The Morgan fingerprint density at radius 2 is 1.94 bits per heavy atom. The Kier molecular flexibility index (Phi) is 3.41. The summed E-state index contributed by atoms with van der Waals surface area (Å²) in [4.78, 5) is 8.01. The molecule has 0 aliphatic carbocycles.